The molecule has 4 nitrogen and oxygen atoms in total. The van der Waals surface area contributed by atoms with Crippen LogP contribution in [-0.2, 0) is 4.79 Å². The number of amides is 1. The highest BCUT2D eigenvalue weighted by Crippen LogP contribution is 2.28. The molecule has 20 heavy (non-hydrogen) atoms. The van der Waals surface area contributed by atoms with Gasteiger partial charge >= 0.3 is 0 Å². The Morgan fingerprint density at radius 1 is 1.45 bits per heavy atom. The number of rotatable bonds is 7. The van der Waals surface area contributed by atoms with E-state index in [1.54, 1.807) is 18.2 Å². The quantitative estimate of drug-likeness (QED) is 0.812. The number of carbonyl (C=O) groups is 1. The number of nitrogens with one attached hydrogen (secondary N) is 2. The van der Waals surface area contributed by atoms with Gasteiger partial charge in [-0.15, -0.1) is 12.4 Å². The van der Waals surface area contributed by atoms with Crippen molar-refractivity contribution < 1.29 is 9.53 Å². The van der Waals surface area contributed by atoms with Crippen molar-refractivity contribution in [2.24, 2.45) is 5.92 Å². The number of hydrogen-bond donors (Lipinski definition) is 2. The maximum atomic E-state index is 11.8. The van der Waals surface area contributed by atoms with E-state index in [0.29, 0.717) is 29.6 Å². The van der Waals surface area contributed by atoms with E-state index in [1.165, 1.54) is 12.8 Å². The van der Waals surface area contributed by atoms with E-state index in [4.69, 9.17) is 16.3 Å². The molecule has 6 heteroatoms. The Morgan fingerprint density at radius 2 is 2.20 bits per heavy atom. The molecule has 0 aromatic heterocycles. The molecule has 1 amide bonds. The molecule has 112 valence electrons. The van der Waals surface area contributed by atoms with Gasteiger partial charge in [0.1, 0.15) is 5.75 Å². The largest absolute Gasteiger partial charge is 0.492 e. The van der Waals surface area contributed by atoms with Gasteiger partial charge in [0.2, 0.25) is 5.91 Å². The van der Waals surface area contributed by atoms with E-state index in [9.17, 15) is 4.79 Å². The Balaban J connectivity index is 0.00000200. The minimum Gasteiger partial charge on any atom is -0.492 e. The zero-order valence-electron chi connectivity index (χ0n) is 11.4. The summed E-state index contributed by atoms with van der Waals surface area (Å²) in [5.74, 6) is 1.30. The summed E-state index contributed by atoms with van der Waals surface area (Å²) in [6, 6.07) is 5.20. The van der Waals surface area contributed by atoms with Crippen LogP contribution in [0.5, 0.6) is 5.75 Å². The Morgan fingerprint density at radius 3 is 2.85 bits per heavy atom. The van der Waals surface area contributed by atoms with Crippen LogP contribution >= 0.6 is 24.0 Å². The fraction of sp³-hybridized carbons (Fsp3) is 0.500. The van der Waals surface area contributed by atoms with Crippen LogP contribution < -0.4 is 15.4 Å². The Kier molecular flexibility index (Phi) is 7.13. The molecule has 1 aromatic rings. The zero-order chi connectivity index (χ0) is 13.7. The molecule has 2 rings (SSSR count). The molecular weight excluding hydrogens is 299 g/mol. The number of ether oxygens (including phenoxy) is 1. The third-order valence-electron chi connectivity index (χ3n) is 2.93. The maximum Gasteiger partial charge on any atom is 0.238 e. The van der Waals surface area contributed by atoms with E-state index in [0.717, 1.165) is 12.5 Å². The van der Waals surface area contributed by atoms with Gasteiger partial charge in [-0.3, -0.25) is 4.79 Å². The molecule has 0 unspecified atom stereocenters. The van der Waals surface area contributed by atoms with Gasteiger partial charge in [0.15, 0.2) is 0 Å². The molecule has 0 radical (unpaired) electrons. The highest BCUT2D eigenvalue weighted by molar-refractivity contribution is 6.30. The Hall–Kier alpha value is -0.970. The van der Waals surface area contributed by atoms with Crippen molar-refractivity contribution >= 4 is 35.6 Å². The summed E-state index contributed by atoms with van der Waals surface area (Å²) >= 11 is 5.91. The minimum absolute atomic E-state index is 0. The lowest BCUT2D eigenvalue weighted by molar-refractivity contribution is -0.115. The average Bonchev–Trinajstić information content (AvgIpc) is 3.17. The lowest BCUT2D eigenvalue weighted by Gasteiger charge is -2.12. The third kappa shape index (κ3) is 5.57. The number of benzene rings is 1. The summed E-state index contributed by atoms with van der Waals surface area (Å²) < 4.78 is 5.45. The topological polar surface area (TPSA) is 50.4 Å². The first kappa shape index (κ1) is 17.1. The lowest BCUT2D eigenvalue weighted by atomic mass is 10.3. The molecule has 1 saturated carbocycles. The Labute approximate surface area is 130 Å². The molecule has 0 bridgehead atoms. The van der Waals surface area contributed by atoms with Crippen molar-refractivity contribution in [2.75, 3.05) is 25.0 Å². The molecule has 0 spiro atoms. The molecule has 1 aliphatic carbocycles. The average molecular weight is 319 g/mol. The van der Waals surface area contributed by atoms with Crippen LogP contribution in [-0.4, -0.2) is 25.6 Å². The van der Waals surface area contributed by atoms with E-state index in [2.05, 4.69) is 10.6 Å². The van der Waals surface area contributed by atoms with Crippen molar-refractivity contribution in [3.63, 3.8) is 0 Å². The van der Waals surface area contributed by atoms with Crippen LogP contribution in [0.3, 0.4) is 0 Å². The first-order chi connectivity index (χ1) is 9.19. The summed E-state index contributed by atoms with van der Waals surface area (Å²) in [5.41, 5.74) is 0.657. The van der Waals surface area contributed by atoms with Gasteiger partial charge in [0.25, 0.3) is 0 Å². The van der Waals surface area contributed by atoms with Crippen LogP contribution in [0, 0.1) is 5.92 Å². The smallest absolute Gasteiger partial charge is 0.238 e. The van der Waals surface area contributed by atoms with Gasteiger partial charge in [0.05, 0.1) is 18.8 Å². The molecule has 0 heterocycles. The first-order valence-electron chi connectivity index (χ1n) is 6.62. The summed E-state index contributed by atoms with van der Waals surface area (Å²) in [4.78, 5) is 11.8. The fourth-order valence-corrected chi connectivity index (χ4v) is 1.94. The van der Waals surface area contributed by atoms with E-state index >= 15 is 0 Å². The van der Waals surface area contributed by atoms with Gasteiger partial charge < -0.3 is 15.4 Å². The monoisotopic (exact) mass is 318 g/mol. The van der Waals surface area contributed by atoms with Crippen molar-refractivity contribution in [1.82, 2.24) is 5.32 Å². The zero-order valence-corrected chi connectivity index (χ0v) is 13.0. The second-order valence-corrected chi connectivity index (χ2v) is 5.13. The predicted octanol–water partition coefficient (Wildman–Crippen LogP) is 3.10. The van der Waals surface area contributed by atoms with Crippen LogP contribution in [0.1, 0.15) is 19.8 Å². The van der Waals surface area contributed by atoms with Crippen LogP contribution in [0.15, 0.2) is 18.2 Å². The Bertz CT molecular complexity index is 451. The van der Waals surface area contributed by atoms with E-state index < -0.39 is 0 Å². The molecule has 0 saturated heterocycles. The van der Waals surface area contributed by atoms with Gasteiger partial charge in [-0.2, -0.15) is 0 Å². The molecule has 1 aliphatic rings. The van der Waals surface area contributed by atoms with Crippen molar-refractivity contribution in [3.05, 3.63) is 23.2 Å². The van der Waals surface area contributed by atoms with E-state index in [-0.39, 0.29) is 18.3 Å². The second kappa shape index (κ2) is 8.35. The van der Waals surface area contributed by atoms with Crippen LogP contribution in [0.4, 0.5) is 5.69 Å². The number of hydrogen-bond acceptors (Lipinski definition) is 3. The molecular formula is C14H20Cl2N2O2. The molecule has 0 aliphatic heterocycles. The highest BCUT2D eigenvalue weighted by atomic mass is 35.5. The van der Waals surface area contributed by atoms with Crippen molar-refractivity contribution in [1.29, 1.82) is 0 Å². The maximum absolute atomic E-state index is 11.8. The molecule has 1 aromatic carbocycles. The summed E-state index contributed by atoms with van der Waals surface area (Å²) in [6.45, 7) is 3.67. The van der Waals surface area contributed by atoms with Gasteiger partial charge in [0, 0.05) is 11.1 Å². The molecule has 1 fully saturated rings. The number of anilines is 1. The molecule has 2 N–H and O–H groups in total. The summed E-state index contributed by atoms with van der Waals surface area (Å²) in [5, 5.41) is 6.57. The van der Waals surface area contributed by atoms with Crippen LogP contribution in [0.2, 0.25) is 5.02 Å². The van der Waals surface area contributed by atoms with Gasteiger partial charge in [-0.05, 0) is 44.4 Å². The SMILES string of the molecule is CCOc1cc(Cl)ccc1NC(=O)CNCC1CC1.Cl. The number of carbonyl (C=O) groups excluding carboxylic acids is 1. The highest BCUT2D eigenvalue weighted by Gasteiger charge is 2.20. The van der Waals surface area contributed by atoms with Crippen molar-refractivity contribution in [3.8, 4) is 5.75 Å². The predicted molar refractivity (Wildman–Crippen MR) is 84.1 cm³/mol. The fourth-order valence-electron chi connectivity index (χ4n) is 1.78. The van der Waals surface area contributed by atoms with Gasteiger partial charge in [-0.25, -0.2) is 0 Å². The van der Waals surface area contributed by atoms with Crippen molar-refractivity contribution in [2.45, 2.75) is 19.8 Å². The summed E-state index contributed by atoms with van der Waals surface area (Å²) in [7, 11) is 0. The third-order valence-corrected chi connectivity index (χ3v) is 3.17. The molecule has 0 atom stereocenters. The minimum atomic E-state index is -0.0658. The normalized spacial score (nSPS) is 13.5. The summed E-state index contributed by atoms with van der Waals surface area (Å²) in [6.07, 6.45) is 2.56. The number of halogens is 2. The lowest BCUT2D eigenvalue weighted by Crippen LogP contribution is -2.29. The van der Waals surface area contributed by atoms with E-state index in [1.807, 2.05) is 6.92 Å². The van der Waals surface area contributed by atoms with Crippen LogP contribution in [0.25, 0.3) is 0 Å². The first-order valence-corrected chi connectivity index (χ1v) is 6.99. The second-order valence-electron chi connectivity index (χ2n) is 4.70. The standard InChI is InChI=1S/C14H19ClN2O2.ClH/c1-2-19-13-7-11(15)5-6-12(13)17-14(18)9-16-8-10-3-4-10;/h5-7,10,16H,2-4,8-9H2,1H3,(H,17,18);1H. The van der Waals surface area contributed by atoms with Gasteiger partial charge in [-0.1, -0.05) is 11.6 Å².